The number of rotatable bonds is 3. The van der Waals surface area contributed by atoms with Crippen molar-refractivity contribution in [3.63, 3.8) is 0 Å². The van der Waals surface area contributed by atoms with Gasteiger partial charge in [-0.3, -0.25) is 0 Å². The third kappa shape index (κ3) is 3.93. The van der Waals surface area contributed by atoms with Gasteiger partial charge >= 0.3 is 12.1 Å². The normalized spacial score (nSPS) is 17.6. The van der Waals surface area contributed by atoms with Crippen molar-refractivity contribution in [1.82, 2.24) is 15.5 Å². The van der Waals surface area contributed by atoms with Gasteiger partial charge in [-0.25, -0.2) is 8.57 Å². The second-order valence-electron chi connectivity index (χ2n) is 5.34. The molecule has 1 aromatic carbocycles. The fourth-order valence-electron chi connectivity index (χ4n) is 2.23. The summed E-state index contributed by atoms with van der Waals surface area (Å²) >= 11 is 0. The van der Waals surface area contributed by atoms with Crippen LogP contribution in [0.1, 0.15) is 11.5 Å². The Morgan fingerprint density at radius 3 is 2.46 bits per heavy atom. The van der Waals surface area contributed by atoms with Gasteiger partial charge in [0.2, 0.25) is 5.82 Å². The Bertz CT molecular complexity index is 811. The molecule has 0 saturated carbocycles. The number of nitrogens with zero attached hydrogens (tertiary/aromatic N) is 3. The van der Waals surface area contributed by atoms with Gasteiger partial charge in [0.15, 0.2) is 0 Å². The first-order valence-corrected chi connectivity index (χ1v) is 9.10. The van der Waals surface area contributed by atoms with Crippen LogP contribution in [0.15, 0.2) is 33.2 Å². The summed E-state index contributed by atoms with van der Waals surface area (Å²) in [5.74, 6) is -0.433. The lowest BCUT2D eigenvalue weighted by molar-refractivity contribution is -0.159. The first kappa shape index (κ1) is 16.9. The van der Waals surface area contributed by atoms with Crippen LogP contribution >= 0.6 is 0 Å². The molecule has 0 bridgehead atoms. The van der Waals surface area contributed by atoms with E-state index in [-0.39, 0.29) is 5.82 Å². The first-order chi connectivity index (χ1) is 11.4. The summed E-state index contributed by atoms with van der Waals surface area (Å²) in [7, 11) is -2.17. The summed E-state index contributed by atoms with van der Waals surface area (Å²) in [5.41, 5.74) is 1.23. The fraction of sp³-hybridized carbons (Fsp3) is 0.429. The Balaban J connectivity index is 1.73. The van der Waals surface area contributed by atoms with E-state index in [9.17, 15) is 17.4 Å². The lowest BCUT2D eigenvalue weighted by Crippen LogP contribution is -2.35. The molecule has 0 atom stereocenters. The van der Waals surface area contributed by atoms with Crippen LogP contribution in [0.5, 0.6) is 0 Å². The minimum Gasteiger partial charge on any atom is -0.329 e. The second kappa shape index (κ2) is 6.52. The molecule has 1 aliphatic rings. The van der Waals surface area contributed by atoms with Gasteiger partial charge in [-0.1, -0.05) is 29.4 Å². The average molecular weight is 360 g/mol. The molecule has 0 radical (unpaired) electrons. The van der Waals surface area contributed by atoms with Crippen LogP contribution in [-0.4, -0.2) is 38.9 Å². The molecule has 0 amide bonds. The molecule has 1 aliphatic heterocycles. The zero-order valence-corrected chi connectivity index (χ0v) is 13.4. The van der Waals surface area contributed by atoms with E-state index in [1.165, 1.54) is 0 Å². The first-order valence-electron chi connectivity index (χ1n) is 7.25. The van der Waals surface area contributed by atoms with E-state index in [4.69, 9.17) is 0 Å². The summed E-state index contributed by atoms with van der Waals surface area (Å²) in [6.07, 6.45) is -4.66. The third-order valence-corrected chi connectivity index (χ3v) is 5.84. The maximum atomic E-state index is 12.5. The van der Waals surface area contributed by atoms with Crippen LogP contribution in [0.25, 0.3) is 11.4 Å². The molecule has 130 valence electrons. The van der Waals surface area contributed by atoms with Gasteiger partial charge in [-0.15, -0.1) is 0 Å². The number of alkyl halides is 3. The molecule has 2 aromatic rings. The van der Waals surface area contributed by atoms with Crippen molar-refractivity contribution in [2.45, 2.75) is 12.7 Å². The molecule has 1 saturated heterocycles. The lowest BCUT2D eigenvalue weighted by Gasteiger charge is -2.16. The fourth-order valence-corrected chi connectivity index (χ4v) is 4.00. The molecule has 1 N–H and O–H groups in total. The zero-order chi connectivity index (χ0) is 17.2. The highest BCUT2D eigenvalue weighted by atomic mass is 32.2. The van der Waals surface area contributed by atoms with E-state index >= 15 is 0 Å². The highest BCUT2D eigenvalue weighted by Gasteiger charge is 2.38. The number of nitrogens with one attached hydrogen (secondary N) is 1. The minimum atomic E-state index is -4.66. The predicted molar refractivity (Wildman–Crippen MR) is 81.6 cm³/mol. The van der Waals surface area contributed by atoms with Crippen molar-refractivity contribution in [2.24, 2.45) is 4.36 Å². The molecule has 1 aromatic heterocycles. The molecular formula is C14H15F3N4O2S. The van der Waals surface area contributed by atoms with Gasteiger partial charge in [0.05, 0.1) is 6.54 Å². The number of benzene rings is 1. The maximum absolute atomic E-state index is 12.5. The largest absolute Gasteiger partial charge is 0.471 e. The zero-order valence-electron chi connectivity index (χ0n) is 12.5. The van der Waals surface area contributed by atoms with Gasteiger partial charge in [-0.2, -0.15) is 18.2 Å². The van der Waals surface area contributed by atoms with Gasteiger partial charge < -0.3 is 9.84 Å². The van der Waals surface area contributed by atoms with Crippen LogP contribution in [0.2, 0.25) is 0 Å². The van der Waals surface area contributed by atoms with Crippen molar-refractivity contribution in [1.29, 1.82) is 0 Å². The molecular weight excluding hydrogens is 345 g/mol. The van der Waals surface area contributed by atoms with E-state index in [1.807, 2.05) is 0 Å². The van der Waals surface area contributed by atoms with Gasteiger partial charge in [0.1, 0.15) is 0 Å². The highest BCUT2D eigenvalue weighted by molar-refractivity contribution is 7.93. The lowest BCUT2D eigenvalue weighted by atomic mass is 10.1. The van der Waals surface area contributed by atoms with Crippen molar-refractivity contribution in [2.75, 3.05) is 24.6 Å². The number of hydrogen-bond acceptors (Lipinski definition) is 6. The molecule has 2 heterocycles. The van der Waals surface area contributed by atoms with Crippen LogP contribution in [0.3, 0.4) is 0 Å². The van der Waals surface area contributed by atoms with Crippen molar-refractivity contribution in [3.05, 3.63) is 35.7 Å². The average Bonchev–Trinajstić information content (AvgIpc) is 3.05. The second-order valence-corrected chi connectivity index (χ2v) is 7.96. The van der Waals surface area contributed by atoms with Crippen molar-refractivity contribution in [3.8, 4) is 11.4 Å². The topological polar surface area (TPSA) is 80.4 Å². The molecule has 0 unspecified atom stereocenters. The highest BCUT2D eigenvalue weighted by Crippen LogP contribution is 2.29. The van der Waals surface area contributed by atoms with Crippen LogP contribution in [0, 0.1) is 0 Å². The molecule has 3 rings (SSSR count). The SMILES string of the molecule is O=S1(=NCc2ccc(-c3noc(C(F)(F)F)n3)cc2)CCNCC1. The number of halogens is 3. The molecule has 24 heavy (non-hydrogen) atoms. The van der Waals surface area contributed by atoms with E-state index in [0.29, 0.717) is 36.7 Å². The molecule has 6 nitrogen and oxygen atoms in total. The quantitative estimate of drug-likeness (QED) is 0.909. The number of aromatic nitrogens is 2. The molecule has 1 fully saturated rings. The third-order valence-electron chi connectivity index (χ3n) is 3.56. The summed E-state index contributed by atoms with van der Waals surface area (Å²) in [6, 6.07) is 6.58. The predicted octanol–water partition coefficient (Wildman–Crippen LogP) is 2.33. The summed E-state index contributed by atoms with van der Waals surface area (Å²) < 4.78 is 58.3. The summed E-state index contributed by atoms with van der Waals surface area (Å²) in [4.78, 5) is 3.33. The molecule has 10 heteroatoms. The maximum Gasteiger partial charge on any atom is 0.471 e. The summed E-state index contributed by atoms with van der Waals surface area (Å²) in [6.45, 7) is 1.69. The standard InChI is InChI=1S/C14H15F3N4O2S/c15-14(16,17)13-20-12(21-23-13)11-3-1-10(2-4-11)9-19-24(22)7-5-18-6-8-24/h1-4,18H,5-9H2. The molecule has 0 spiro atoms. The Labute approximate surface area is 136 Å². The minimum absolute atomic E-state index is 0.130. The van der Waals surface area contributed by atoms with Crippen molar-refractivity contribution >= 4 is 9.73 Å². The smallest absolute Gasteiger partial charge is 0.329 e. The summed E-state index contributed by atoms with van der Waals surface area (Å²) in [5, 5.41) is 6.46. The van der Waals surface area contributed by atoms with Gasteiger partial charge in [-0.05, 0) is 5.56 Å². The van der Waals surface area contributed by atoms with Crippen LogP contribution < -0.4 is 5.32 Å². The van der Waals surface area contributed by atoms with E-state index in [2.05, 4.69) is 24.3 Å². The van der Waals surface area contributed by atoms with Crippen molar-refractivity contribution < 1.29 is 21.9 Å². The number of hydrogen-bond donors (Lipinski definition) is 1. The molecule has 0 aliphatic carbocycles. The monoisotopic (exact) mass is 360 g/mol. The Morgan fingerprint density at radius 1 is 1.21 bits per heavy atom. The Hall–Kier alpha value is -1.94. The van der Waals surface area contributed by atoms with Crippen LogP contribution in [0.4, 0.5) is 13.2 Å². The van der Waals surface area contributed by atoms with E-state index in [0.717, 1.165) is 5.56 Å². The van der Waals surface area contributed by atoms with Gasteiger partial charge in [0, 0.05) is 39.9 Å². The Morgan fingerprint density at radius 2 is 1.88 bits per heavy atom. The van der Waals surface area contributed by atoms with Gasteiger partial charge in [0.25, 0.3) is 0 Å². The van der Waals surface area contributed by atoms with E-state index < -0.39 is 21.8 Å². The van der Waals surface area contributed by atoms with E-state index in [1.54, 1.807) is 24.3 Å². The Kier molecular flexibility index (Phi) is 4.59. The van der Waals surface area contributed by atoms with Crippen LogP contribution in [-0.2, 0) is 22.5 Å².